The van der Waals surface area contributed by atoms with E-state index in [9.17, 15) is 15.3 Å². The van der Waals surface area contributed by atoms with Crippen molar-refractivity contribution in [1.82, 2.24) is 0 Å². The molecule has 5 atom stereocenters. The fraction of sp³-hybridized carbons (Fsp3) is 0.538. The lowest BCUT2D eigenvalue weighted by molar-refractivity contribution is -0.205. The topological polar surface area (TPSA) is 90.2 Å². The minimum atomic E-state index is -1.31. The minimum absolute atomic E-state index is 0.395. The first-order chi connectivity index (χ1) is 9.13. The molecule has 1 aromatic carbocycles. The van der Waals surface area contributed by atoms with Crippen molar-refractivity contribution < 1.29 is 25.2 Å². The molecule has 2 rings (SSSR count). The third-order valence-electron chi connectivity index (χ3n) is 3.11. The molecule has 0 saturated carbocycles. The van der Waals surface area contributed by atoms with Gasteiger partial charge in [-0.3, -0.25) is 0 Å². The highest BCUT2D eigenvalue weighted by Crippen LogP contribution is 2.30. The zero-order chi connectivity index (χ0) is 13.8. The molecule has 5 nitrogen and oxygen atoms in total. The molecule has 1 aliphatic heterocycles. The van der Waals surface area contributed by atoms with E-state index in [0.717, 1.165) is 5.56 Å². The Bertz CT molecular complexity index is 386. The van der Waals surface area contributed by atoms with Gasteiger partial charge in [0.1, 0.15) is 29.9 Å². The Morgan fingerprint density at radius 1 is 1.00 bits per heavy atom. The second-order valence-electron chi connectivity index (χ2n) is 4.49. The third kappa shape index (κ3) is 3.47. The quantitative estimate of drug-likeness (QED) is 0.609. The van der Waals surface area contributed by atoms with Crippen LogP contribution in [0.2, 0.25) is 0 Å². The van der Waals surface area contributed by atoms with Gasteiger partial charge in [-0.25, -0.2) is 0 Å². The van der Waals surface area contributed by atoms with Gasteiger partial charge in [-0.1, -0.05) is 30.3 Å². The molecule has 0 spiro atoms. The maximum atomic E-state index is 9.86. The van der Waals surface area contributed by atoms with Crippen molar-refractivity contribution in [2.45, 2.75) is 35.6 Å². The van der Waals surface area contributed by atoms with Crippen molar-refractivity contribution in [2.24, 2.45) is 0 Å². The maximum absolute atomic E-state index is 9.86. The van der Waals surface area contributed by atoms with Gasteiger partial charge in [-0.2, -0.15) is 0 Å². The first kappa shape index (κ1) is 14.8. The highest BCUT2D eigenvalue weighted by Gasteiger charge is 2.43. The molecule has 0 aliphatic carbocycles. The highest BCUT2D eigenvalue weighted by molar-refractivity contribution is 7.99. The average Bonchev–Trinajstić information content (AvgIpc) is 2.45. The highest BCUT2D eigenvalue weighted by atomic mass is 32.2. The van der Waals surface area contributed by atoms with Crippen LogP contribution in [-0.2, 0) is 10.5 Å². The number of aliphatic hydroxyl groups is 4. The lowest BCUT2D eigenvalue weighted by atomic mass is 10.0. The number of hydrogen-bond donors (Lipinski definition) is 4. The summed E-state index contributed by atoms with van der Waals surface area (Å²) in [7, 11) is 0. The maximum Gasteiger partial charge on any atom is 0.132 e. The van der Waals surface area contributed by atoms with Crippen LogP contribution in [0.15, 0.2) is 30.3 Å². The molecular formula is C13H18O5S. The Hall–Kier alpha value is -0.630. The van der Waals surface area contributed by atoms with Crippen molar-refractivity contribution in [3.8, 4) is 0 Å². The third-order valence-corrected chi connectivity index (χ3v) is 4.32. The molecule has 106 valence electrons. The van der Waals surface area contributed by atoms with Gasteiger partial charge in [0, 0.05) is 5.75 Å². The minimum Gasteiger partial charge on any atom is -0.394 e. The summed E-state index contributed by atoms with van der Waals surface area (Å²) in [4.78, 5) is 0. The zero-order valence-electron chi connectivity index (χ0n) is 10.3. The Morgan fingerprint density at radius 3 is 2.32 bits per heavy atom. The van der Waals surface area contributed by atoms with Crippen molar-refractivity contribution >= 4 is 11.8 Å². The molecule has 0 bridgehead atoms. The van der Waals surface area contributed by atoms with Crippen LogP contribution in [0.1, 0.15) is 5.56 Å². The lowest BCUT2D eigenvalue weighted by Gasteiger charge is -2.39. The van der Waals surface area contributed by atoms with E-state index in [1.807, 2.05) is 30.3 Å². The van der Waals surface area contributed by atoms with E-state index in [1.165, 1.54) is 11.8 Å². The van der Waals surface area contributed by atoms with Crippen molar-refractivity contribution in [1.29, 1.82) is 0 Å². The van der Waals surface area contributed by atoms with Gasteiger partial charge in [-0.15, -0.1) is 11.8 Å². The van der Waals surface area contributed by atoms with Gasteiger partial charge in [0.05, 0.1) is 6.61 Å². The Morgan fingerprint density at radius 2 is 1.68 bits per heavy atom. The van der Waals surface area contributed by atoms with E-state index in [1.54, 1.807) is 0 Å². The van der Waals surface area contributed by atoms with Gasteiger partial charge in [0.2, 0.25) is 0 Å². The number of benzene rings is 1. The van der Waals surface area contributed by atoms with Crippen LogP contribution in [0.3, 0.4) is 0 Å². The van der Waals surface area contributed by atoms with E-state index in [0.29, 0.717) is 5.75 Å². The van der Waals surface area contributed by atoms with E-state index in [4.69, 9.17) is 9.84 Å². The normalized spacial score (nSPS) is 35.3. The molecule has 1 aliphatic rings. The molecule has 0 aromatic heterocycles. The van der Waals surface area contributed by atoms with Gasteiger partial charge in [0.15, 0.2) is 0 Å². The van der Waals surface area contributed by atoms with Gasteiger partial charge in [0.25, 0.3) is 0 Å². The van der Waals surface area contributed by atoms with E-state index in [2.05, 4.69) is 0 Å². The average molecular weight is 286 g/mol. The summed E-state index contributed by atoms with van der Waals surface area (Å²) < 4.78 is 5.41. The van der Waals surface area contributed by atoms with E-state index in [-0.39, 0.29) is 0 Å². The molecule has 1 saturated heterocycles. The van der Waals surface area contributed by atoms with Crippen LogP contribution in [-0.4, -0.2) is 56.9 Å². The van der Waals surface area contributed by atoms with Crippen LogP contribution in [0.5, 0.6) is 0 Å². The molecule has 0 unspecified atom stereocenters. The van der Waals surface area contributed by atoms with Gasteiger partial charge < -0.3 is 25.2 Å². The molecule has 1 heterocycles. The first-order valence-corrected chi connectivity index (χ1v) is 7.14. The molecule has 4 N–H and O–H groups in total. The second-order valence-corrected chi connectivity index (χ2v) is 5.58. The Kier molecular flexibility index (Phi) is 5.20. The number of hydrogen-bond acceptors (Lipinski definition) is 6. The molecule has 6 heteroatoms. The standard InChI is InChI=1S/C13H18O5S/c14-6-9-10(15)11(16)12(17)13(18-9)19-7-8-4-2-1-3-5-8/h1-5,9-17H,6-7H2/t9-,10-,11+,12+,13+/m1/s1. The smallest absolute Gasteiger partial charge is 0.132 e. The van der Waals surface area contributed by atoms with Crippen LogP contribution in [0, 0.1) is 0 Å². The first-order valence-electron chi connectivity index (χ1n) is 6.09. The van der Waals surface area contributed by atoms with Crippen molar-refractivity contribution in [3.05, 3.63) is 35.9 Å². The molecule has 1 fully saturated rings. The van der Waals surface area contributed by atoms with Crippen molar-refractivity contribution in [3.63, 3.8) is 0 Å². The summed E-state index contributed by atoms with van der Waals surface area (Å²) in [6.45, 7) is -0.395. The molecule has 19 heavy (non-hydrogen) atoms. The largest absolute Gasteiger partial charge is 0.394 e. The number of rotatable bonds is 4. The molecule has 1 aromatic rings. The molecular weight excluding hydrogens is 268 g/mol. The SMILES string of the molecule is OC[C@H]1O[C@@H](SCc2ccccc2)[C@@H](O)[C@@H](O)[C@@H]1O. The Labute approximate surface area is 115 Å². The summed E-state index contributed by atoms with van der Waals surface area (Å²) in [5, 5.41) is 38.3. The number of thioether (sulfide) groups is 1. The Balaban J connectivity index is 1.95. The predicted octanol–water partition coefficient (Wildman–Crippen LogP) is -0.280. The zero-order valence-corrected chi connectivity index (χ0v) is 11.1. The lowest BCUT2D eigenvalue weighted by Crippen LogP contribution is -2.57. The van der Waals surface area contributed by atoms with E-state index >= 15 is 0 Å². The van der Waals surface area contributed by atoms with Crippen molar-refractivity contribution in [2.75, 3.05) is 6.61 Å². The van der Waals surface area contributed by atoms with Crippen LogP contribution < -0.4 is 0 Å². The van der Waals surface area contributed by atoms with E-state index < -0.39 is 36.5 Å². The fourth-order valence-electron chi connectivity index (χ4n) is 1.96. The summed E-state index contributed by atoms with van der Waals surface area (Å²) in [6.07, 6.45) is -4.62. The molecule has 0 radical (unpaired) electrons. The van der Waals surface area contributed by atoms with Crippen LogP contribution in [0.25, 0.3) is 0 Å². The monoisotopic (exact) mass is 286 g/mol. The predicted molar refractivity (Wildman–Crippen MR) is 71.5 cm³/mol. The second kappa shape index (κ2) is 6.69. The van der Waals surface area contributed by atoms with Gasteiger partial charge >= 0.3 is 0 Å². The van der Waals surface area contributed by atoms with Gasteiger partial charge in [-0.05, 0) is 5.56 Å². The summed E-state index contributed by atoms with van der Waals surface area (Å²) in [5.41, 5.74) is 0.403. The summed E-state index contributed by atoms with van der Waals surface area (Å²) in [5.74, 6) is 0.615. The molecule has 0 amide bonds. The summed E-state index contributed by atoms with van der Waals surface area (Å²) in [6, 6.07) is 9.67. The number of aliphatic hydroxyl groups excluding tert-OH is 4. The van der Waals surface area contributed by atoms with Crippen LogP contribution in [0.4, 0.5) is 0 Å². The number of ether oxygens (including phenoxy) is 1. The van der Waals surface area contributed by atoms with Crippen LogP contribution >= 0.6 is 11.8 Å². The fourth-order valence-corrected chi connectivity index (χ4v) is 3.09. The summed E-state index contributed by atoms with van der Waals surface area (Å²) >= 11 is 1.33.